The van der Waals surface area contributed by atoms with Crippen LogP contribution in [0.15, 0.2) is 0 Å². The fourth-order valence-electron chi connectivity index (χ4n) is 1.98. The van der Waals surface area contributed by atoms with E-state index in [4.69, 9.17) is 0 Å². The van der Waals surface area contributed by atoms with E-state index in [0.29, 0.717) is 12.8 Å². The average molecular weight is 280 g/mol. The van der Waals surface area contributed by atoms with Gasteiger partial charge in [0.05, 0.1) is 25.5 Å². The van der Waals surface area contributed by atoms with Crippen molar-refractivity contribution in [2.24, 2.45) is 0 Å². The SMILES string of the molecule is CCc1nn(CCOCC(F)(F)F)c(CC)c1CO. The summed E-state index contributed by atoms with van der Waals surface area (Å²) in [6, 6.07) is 0. The first-order valence-corrected chi connectivity index (χ1v) is 6.25. The third kappa shape index (κ3) is 4.50. The van der Waals surface area contributed by atoms with Crippen molar-refractivity contribution in [1.29, 1.82) is 0 Å². The second-order valence-corrected chi connectivity index (χ2v) is 4.13. The molecule has 0 aliphatic rings. The summed E-state index contributed by atoms with van der Waals surface area (Å²) in [6.45, 7) is 2.70. The van der Waals surface area contributed by atoms with E-state index in [9.17, 15) is 18.3 Å². The van der Waals surface area contributed by atoms with Crippen LogP contribution >= 0.6 is 0 Å². The van der Waals surface area contributed by atoms with Crippen LogP contribution in [0.3, 0.4) is 0 Å². The van der Waals surface area contributed by atoms with E-state index in [0.717, 1.165) is 17.0 Å². The van der Waals surface area contributed by atoms with Crippen molar-refractivity contribution in [3.05, 3.63) is 17.0 Å². The highest BCUT2D eigenvalue weighted by Crippen LogP contribution is 2.17. The van der Waals surface area contributed by atoms with Crippen LogP contribution in [0.2, 0.25) is 0 Å². The number of aromatic nitrogens is 2. The van der Waals surface area contributed by atoms with Gasteiger partial charge in [-0.15, -0.1) is 0 Å². The van der Waals surface area contributed by atoms with Crippen LogP contribution in [-0.2, 0) is 30.7 Å². The number of nitrogens with zero attached hydrogens (tertiary/aromatic N) is 2. The van der Waals surface area contributed by atoms with Gasteiger partial charge in [0.25, 0.3) is 0 Å². The molecule has 110 valence electrons. The molecular formula is C12H19F3N2O2. The van der Waals surface area contributed by atoms with Crippen LogP contribution in [0.5, 0.6) is 0 Å². The lowest BCUT2D eigenvalue weighted by Crippen LogP contribution is -2.19. The van der Waals surface area contributed by atoms with Crippen LogP contribution in [0.4, 0.5) is 13.2 Å². The molecule has 0 aromatic carbocycles. The predicted molar refractivity (Wildman–Crippen MR) is 63.8 cm³/mol. The topological polar surface area (TPSA) is 47.3 Å². The second-order valence-electron chi connectivity index (χ2n) is 4.13. The van der Waals surface area contributed by atoms with Crippen molar-refractivity contribution < 1.29 is 23.0 Å². The molecule has 0 saturated heterocycles. The highest BCUT2D eigenvalue weighted by Gasteiger charge is 2.27. The van der Waals surface area contributed by atoms with Crippen LogP contribution in [0.25, 0.3) is 0 Å². The lowest BCUT2D eigenvalue weighted by Gasteiger charge is -2.09. The fraction of sp³-hybridized carbons (Fsp3) is 0.750. The summed E-state index contributed by atoms with van der Waals surface area (Å²) < 4.78 is 42.0. The van der Waals surface area contributed by atoms with Gasteiger partial charge in [0.2, 0.25) is 0 Å². The Labute approximate surface area is 110 Å². The molecular weight excluding hydrogens is 261 g/mol. The third-order valence-electron chi connectivity index (χ3n) is 2.79. The zero-order valence-corrected chi connectivity index (χ0v) is 11.1. The normalized spacial score (nSPS) is 12.1. The summed E-state index contributed by atoms with van der Waals surface area (Å²) in [6.07, 6.45) is -2.95. The smallest absolute Gasteiger partial charge is 0.392 e. The number of rotatable bonds is 7. The quantitative estimate of drug-likeness (QED) is 0.778. The Kier molecular flexibility index (Phi) is 5.81. The Balaban J connectivity index is 2.65. The number of alkyl halides is 3. The molecule has 0 aliphatic carbocycles. The van der Waals surface area contributed by atoms with Crippen LogP contribution in [0.1, 0.15) is 30.8 Å². The summed E-state index contributed by atoms with van der Waals surface area (Å²) >= 11 is 0. The molecule has 0 saturated carbocycles. The van der Waals surface area contributed by atoms with Gasteiger partial charge in [0.1, 0.15) is 6.61 Å². The predicted octanol–water partition coefficient (Wildman–Crippen LogP) is 2.08. The molecule has 19 heavy (non-hydrogen) atoms. The molecule has 1 rings (SSSR count). The number of halogens is 3. The molecule has 1 aromatic heterocycles. The standard InChI is InChI=1S/C12H19F3N2O2/c1-3-10-9(7-18)11(4-2)17(16-10)5-6-19-8-12(13,14)15/h18H,3-8H2,1-2H3. The van der Waals surface area contributed by atoms with Gasteiger partial charge in [-0.1, -0.05) is 13.8 Å². The van der Waals surface area contributed by atoms with Gasteiger partial charge < -0.3 is 9.84 Å². The Morgan fingerprint density at radius 2 is 1.95 bits per heavy atom. The van der Waals surface area contributed by atoms with Crippen molar-refractivity contribution >= 4 is 0 Å². The van der Waals surface area contributed by atoms with Crippen LogP contribution in [-0.4, -0.2) is 34.3 Å². The molecule has 0 atom stereocenters. The largest absolute Gasteiger partial charge is 0.411 e. The van der Waals surface area contributed by atoms with E-state index >= 15 is 0 Å². The molecule has 4 nitrogen and oxygen atoms in total. The van der Waals surface area contributed by atoms with Crippen molar-refractivity contribution in [3.63, 3.8) is 0 Å². The Morgan fingerprint density at radius 1 is 1.26 bits per heavy atom. The lowest BCUT2D eigenvalue weighted by atomic mass is 10.1. The van der Waals surface area contributed by atoms with Gasteiger partial charge in [-0.2, -0.15) is 18.3 Å². The minimum absolute atomic E-state index is 0.0534. The number of ether oxygens (including phenoxy) is 1. The van der Waals surface area contributed by atoms with E-state index in [-0.39, 0.29) is 19.8 Å². The van der Waals surface area contributed by atoms with E-state index in [1.54, 1.807) is 4.68 Å². The molecule has 0 radical (unpaired) electrons. The zero-order valence-electron chi connectivity index (χ0n) is 11.1. The number of aliphatic hydroxyl groups excluding tert-OH is 1. The van der Waals surface area contributed by atoms with Gasteiger partial charge >= 0.3 is 6.18 Å². The van der Waals surface area contributed by atoms with E-state index < -0.39 is 12.8 Å². The molecule has 0 bridgehead atoms. The van der Waals surface area contributed by atoms with Gasteiger partial charge in [0.15, 0.2) is 0 Å². The van der Waals surface area contributed by atoms with Crippen molar-refractivity contribution in [2.45, 2.75) is 46.0 Å². The first-order valence-electron chi connectivity index (χ1n) is 6.25. The summed E-state index contributed by atoms with van der Waals surface area (Å²) in [7, 11) is 0. The van der Waals surface area contributed by atoms with Crippen molar-refractivity contribution in [1.82, 2.24) is 9.78 Å². The number of hydrogen-bond acceptors (Lipinski definition) is 3. The molecule has 1 heterocycles. The van der Waals surface area contributed by atoms with E-state index in [2.05, 4.69) is 9.84 Å². The molecule has 0 unspecified atom stereocenters. The minimum Gasteiger partial charge on any atom is -0.392 e. The maximum absolute atomic E-state index is 11.9. The fourth-order valence-corrected chi connectivity index (χ4v) is 1.98. The molecule has 1 N–H and O–H groups in total. The Bertz CT molecular complexity index is 402. The Morgan fingerprint density at radius 3 is 2.42 bits per heavy atom. The number of aryl methyl sites for hydroxylation is 1. The first-order chi connectivity index (χ1) is 8.92. The van der Waals surface area contributed by atoms with Gasteiger partial charge in [-0.05, 0) is 12.8 Å². The highest BCUT2D eigenvalue weighted by atomic mass is 19.4. The summed E-state index contributed by atoms with van der Waals surface area (Å²) in [4.78, 5) is 0. The lowest BCUT2D eigenvalue weighted by molar-refractivity contribution is -0.174. The van der Waals surface area contributed by atoms with Crippen LogP contribution < -0.4 is 0 Å². The van der Waals surface area contributed by atoms with Crippen LogP contribution in [0, 0.1) is 0 Å². The van der Waals surface area contributed by atoms with Gasteiger partial charge in [0, 0.05) is 11.3 Å². The maximum Gasteiger partial charge on any atom is 0.411 e. The third-order valence-corrected chi connectivity index (χ3v) is 2.79. The van der Waals surface area contributed by atoms with Gasteiger partial charge in [-0.25, -0.2) is 0 Å². The summed E-state index contributed by atoms with van der Waals surface area (Å²) in [5.41, 5.74) is 2.42. The zero-order chi connectivity index (χ0) is 14.5. The molecule has 0 spiro atoms. The van der Waals surface area contributed by atoms with E-state index in [1.165, 1.54) is 0 Å². The molecule has 0 aliphatic heterocycles. The maximum atomic E-state index is 11.9. The Hall–Kier alpha value is -1.08. The van der Waals surface area contributed by atoms with Gasteiger partial charge in [-0.3, -0.25) is 4.68 Å². The van der Waals surface area contributed by atoms with Crippen molar-refractivity contribution in [3.8, 4) is 0 Å². The second kappa shape index (κ2) is 6.91. The molecule has 0 amide bonds. The van der Waals surface area contributed by atoms with E-state index in [1.807, 2.05) is 13.8 Å². The highest BCUT2D eigenvalue weighted by molar-refractivity contribution is 5.25. The monoisotopic (exact) mass is 280 g/mol. The first kappa shape index (κ1) is 16.0. The summed E-state index contributed by atoms with van der Waals surface area (Å²) in [5, 5.41) is 13.6. The molecule has 1 aromatic rings. The average Bonchev–Trinajstić information content (AvgIpc) is 2.70. The number of aliphatic hydroxyl groups is 1. The summed E-state index contributed by atoms with van der Waals surface area (Å²) in [5.74, 6) is 0. The number of hydrogen-bond donors (Lipinski definition) is 1. The van der Waals surface area contributed by atoms with Crippen molar-refractivity contribution in [2.75, 3.05) is 13.2 Å². The molecule has 7 heteroatoms. The minimum atomic E-state index is -4.30. The molecule has 0 fully saturated rings.